The van der Waals surface area contributed by atoms with E-state index in [0.29, 0.717) is 6.61 Å². The van der Waals surface area contributed by atoms with Crippen molar-refractivity contribution in [2.24, 2.45) is 0 Å². The number of ether oxygens (including phenoxy) is 1. The molecule has 0 aliphatic carbocycles. The highest BCUT2D eigenvalue weighted by molar-refractivity contribution is 6.30. The van der Waals surface area contributed by atoms with E-state index in [2.05, 4.69) is 23.5 Å². The molecule has 0 spiro atoms. The minimum absolute atomic E-state index is 0.592. The highest BCUT2D eigenvalue weighted by Crippen LogP contribution is 2.20. The summed E-state index contributed by atoms with van der Waals surface area (Å²) in [5, 5.41) is 4.07. The van der Waals surface area contributed by atoms with E-state index in [4.69, 9.17) is 16.3 Å². The fourth-order valence-corrected chi connectivity index (χ4v) is 2.26. The van der Waals surface area contributed by atoms with Crippen molar-refractivity contribution in [3.63, 3.8) is 0 Å². The largest absolute Gasteiger partial charge is 0.489 e. The molecule has 0 fully saturated rings. The van der Waals surface area contributed by atoms with Gasteiger partial charge in [0.25, 0.3) is 0 Å². The van der Waals surface area contributed by atoms with Crippen molar-refractivity contribution in [2.75, 3.05) is 0 Å². The molecule has 18 heavy (non-hydrogen) atoms. The lowest BCUT2D eigenvalue weighted by Crippen LogP contribution is -2.00. The molecule has 92 valence electrons. The van der Waals surface area contributed by atoms with Gasteiger partial charge in [0.1, 0.15) is 12.4 Å². The van der Waals surface area contributed by atoms with Crippen LogP contribution in [0.25, 0.3) is 0 Å². The van der Waals surface area contributed by atoms with Gasteiger partial charge >= 0.3 is 0 Å². The summed E-state index contributed by atoms with van der Waals surface area (Å²) in [6.07, 6.45) is 0. The van der Waals surface area contributed by atoms with E-state index >= 15 is 0 Å². The van der Waals surface area contributed by atoms with E-state index in [0.717, 1.165) is 23.9 Å². The van der Waals surface area contributed by atoms with Crippen molar-refractivity contribution in [2.45, 2.75) is 19.7 Å². The molecule has 0 unspecified atom stereocenters. The van der Waals surface area contributed by atoms with E-state index < -0.39 is 0 Å². The normalized spacial score (nSPS) is 13.4. The third-order valence-corrected chi connectivity index (χ3v) is 3.37. The van der Waals surface area contributed by atoms with Crippen LogP contribution in [-0.4, -0.2) is 0 Å². The second kappa shape index (κ2) is 5.01. The number of halogens is 1. The molecule has 2 aromatic carbocycles. The number of hydrogen-bond acceptors (Lipinski definition) is 2. The van der Waals surface area contributed by atoms with Crippen LogP contribution < -0.4 is 10.1 Å². The molecule has 1 heterocycles. The Labute approximate surface area is 112 Å². The Hall–Kier alpha value is -1.51. The first-order chi connectivity index (χ1) is 8.81. The molecule has 0 aromatic heterocycles. The lowest BCUT2D eigenvalue weighted by Gasteiger charge is -2.07. The number of fused-ring (bicyclic) bond motifs is 1. The number of hydrogen-bond donors (Lipinski definition) is 1. The van der Waals surface area contributed by atoms with Crippen molar-refractivity contribution < 1.29 is 4.74 Å². The van der Waals surface area contributed by atoms with Crippen LogP contribution in [-0.2, 0) is 19.7 Å². The average molecular weight is 260 g/mol. The standard InChI is InChI=1S/C15H14ClNO/c16-14-3-5-15(6-4-14)18-10-11-1-2-12-8-17-9-13(12)7-11/h1-7,17H,8-10H2. The Balaban J connectivity index is 1.68. The Kier molecular flexibility index (Phi) is 3.22. The van der Waals surface area contributed by atoms with Crippen LogP contribution in [0.1, 0.15) is 16.7 Å². The van der Waals surface area contributed by atoms with Crippen LogP contribution in [0.2, 0.25) is 5.02 Å². The Morgan fingerprint density at radius 1 is 1.00 bits per heavy atom. The summed E-state index contributed by atoms with van der Waals surface area (Å²) in [6.45, 7) is 2.53. The molecule has 3 rings (SSSR count). The third kappa shape index (κ3) is 2.50. The Morgan fingerprint density at radius 2 is 1.78 bits per heavy atom. The average Bonchev–Trinajstić information content (AvgIpc) is 2.85. The maximum atomic E-state index is 5.83. The fourth-order valence-electron chi connectivity index (χ4n) is 2.14. The predicted molar refractivity (Wildman–Crippen MR) is 72.8 cm³/mol. The third-order valence-electron chi connectivity index (χ3n) is 3.12. The summed E-state index contributed by atoms with van der Waals surface area (Å²) < 4.78 is 5.73. The van der Waals surface area contributed by atoms with Gasteiger partial charge in [-0.15, -0.1) is 0 Å². The SMILES string of the molecule is Clc1ccc(OCc2ccc3c(c2)CNC3)cc1. The van der Waals surface area contributed by atoms with Gasteiger partial charge in [-0.1, -0.05) is 29.8 Å². The van der Waals surface area contributed by atoms with Crippen molar-refractivity contribution in [1.82, 2.24) is 5.32 Å². The summed E-state index contributed by atoms with van der Waals surface area (Å²) in [5.74, 6) is 0.845. The van der Waals surface area contributed by atoms with Gasteiger partial charge in [-0.2, -0.15) is 0 Å². The smallest absolute Gasteiger partial charge is 0.119 e. The molecule has 0 saturated heterocycles. The Morgan fingerprint density at radius 3 is 2.61 bits per heavy atom. The van der Waals surface area contributed by atoms with Crippen molar-refractivity contribution >= 4 is 11.6 Å². The van der Waals surface area contributed by atoms with Gasteiger partial charge in [0.15, 0.2) is 0 Å². The van der Waals surface area contributed by atoms with Gasteiger partial charge in [0, 0.05) is 18.1 Å². The zero-order valence-electron chi connectivity index (χ0n) is 9.95. The zero-order chi connectivity index (χ0) is 12.4. The van der Waals surface area contributed by atoms with E-state index in [1.54, 1.807) is 0 Å². The maximum absolute atomic E-state index is 5.83. The maximum Gasteiger partial charge on any atom is 0.119 e. The summed E-state index contributed by atoms with van der Waals surface area (Å²) in [4.78, 5) is 0. The van der Waals surface area contributed by atoms with Gasteiger partial charge in [-0.05, 0) is 41.0 Å². The van der Waals surface area contributed by atoms with E-state index in [9.17, 15) is 0 Å². The first-order valence-corrected chi connectivity index (χ1v) is 6.39. The number of rotatable bonds is 3. The second-order valence-corrected chi connectivity index (χ2v) is 4.89. The van der Waals surface area contributed by atoms with Crippen molar-refractivity contribution in [1.29, 1.82) is 0 Å². The molecule has 0 amide bonds. The molecular weight excluding hydrogens is 246 g/mol. The van der Waals surface area contributed by atoms with E-state index in [-0.39, 0.29) is 0 Å². The molecule has 0 bridgehead atoms. The van der Waals surface area contributed by atoms with Gasteiger partial charge in [0.05, 0.1) is 0 Å². The fraction of sp³-hybridized carbons (Fsp3) is 0.200. The lowest BCUT2D eigenvalue weighted by atomic mass is 10.1. The van der Waals surface area contributed by atoms with Crippen molar-refractivity contribution in [3.05, 3.63) is 64.2 Å². The molecule has 1 aliphatic heterocycles. The Bertz CT molecular complexity index is 551. The van der Waals surface area contributed by atoms with Crippen LogP contribution >= 0.6 is 11.6 Å². The zero-order valence-corrected chi connectivity index (χ0v) is 10.7. The topological polar surface area (TPSA) is 21.3 Å². The summed E-state index contributed by atoms with van der Waals surface area (Å²) in [5.41, 5.74) is 3.98. The minimum atomic E-state index is 0.592. The molecule has 2 aromatic rings. The molecule has 0 saturated carbocycles. The summed E-state index contributed by atoms with van der Waals surface area (Å²) in [7, 11) is 0. The van der Waals surface area contributed by atoms with Gasteiger partial charge in [0.2, 0.25) is 0 Å². The lowest BCUT2D eigenvalue weighted by molar-refractivity contribution is 0.306. The molecule has 0 atom stereocenters. The quantitative estimate of drug-likeness (QED) is 0.911. The number of nitrogens with one attached hydrogen (secondary N) is 1. The summed E-state index contributed by atoms with van der Waals surface area (Å²) >= 11 is 5.83. The van der Waals surface area contributed by atoms with Crippen LogP contribution in [0.4, 0.5) is 0 Å². The summed E-state index contributed by atoms with van der Waals surface area (Å²) in [6, 6.07) is 14.0. The van der Waals surface area contributed by atoms with Crippen LogP contribution in [0, 0.1) is 0 Å². The van der Waals surface area contributed by atoms with Gasteiger partial charge in [-0.3, -0.25) is 0 Å². The van der Waals surface area contributed by atoms with E-state index in [1.165, 1.54) is 16.7 Å². The highest BCUT2D eigenvalue weighted by Gasteiger charge is 2.09. The first kappa shape index (κ1) is 11.6. The predicted octanol–water partition coefficient (Wildman–Crippen LogP) is 3.52. The van der Waals surface area contributed by atoms with Crippen LogP contribution in [0.15, 0.2) is 42.5 Å². The van der Waals surface area contributed by atoms with Crippen LogP contribution in [0.5, 0.6) is 5.75 Å². The second-order valence-electron chi connectivity index (χ2n) is 4.45. The molecule has 3 heteroatoms. The molecular formula is C15H14ClNO. The highest BCUT2D eigenvalue weighted by atomic mass is 35.5. The first-order valence-electron chi connectivity index (χ1n) is 6.01. The molecule has 0 radical (unpaired) electrons. The minimum Gasteiger partial charge on any atom is -0.489 e. The van der Waals surface area contributed by atoms with Crippen molar-refractivity contribution in [3.8, 4) is 5.75 Å². The number of benzene rings is 2. The monoisotopic (exact) mass is 259 g/mol. The van der Waals surface area contributed by atoms with E-state index in [1.807, 2.05) is 24.3 Å². The van der Waals surface area contributed by atoms with Crippen LogP contribution in [0.3, 0.4) is 0 Å². The van der Waals surface area contributed by atoms with Gasteiger partial charge < -0.3 is 10.1 Å². The molecule has 1 aliphatic rings. The molecule has 1 N–H and O–H groups in total. The van der Waals surface area contributed by atoms with Gasteiger partial charge in [-0.25, -0.2) is 0 Å². The molecule has 2 nitrogen and oxygen atoms in total.